The molecule has 0 saturated heterocycles. The van der Waals surface area contributed by atoms with Crippen molar-refractivity contribution in [3.63, 3.8) is 0 Å². The number of primary amides is 1. The predicted molar refractivity (Wildman–Crippen MR) is 59.6 cm³/mol. The van der Waals surface area contributed by atoms with Crippen molar-refractivity contribution >= 4 is 16.9 Å². The number of carbonyl (C=O) groups is 1. The van der Waals surface area contributed by atoms with Crippen LogP contribution in [-0.2, 0) is 11.3 Å². The van der Waals surface area contributed by atoms with Crippen LogP contribution in [0.3, 0.4) is 0 Å². The second-order valence-corrected chi connectivity index (χ2v) is 3.69. The molecule has 1 aromatic carbocycles. The van der Waals surface area contributed by atoms with Crippen LogP contribution >= 0.6 is 0 Å². The second kappa shape index (κ2) is 3.94. The molecule has 5 heteroatoms. The lowest BCUT2D eigenvalue weighted by molar-refractivity contribution is -0.118. The maximum Gasteiger partial charge on any atom is 0.237 e. The SMILES string of the molecule is CC(O)c1nc2ccccc2n1CC(N)=O. The third-order valence-electron chi connectivity index (χ3n) is 2.37. The monoisotopic (exact) mass is 219 g/mol. The zero-order valence-corrected chi connectivity index (χ0v) is 8.92. The number of aliphatic hydroxyl groups excluding tert-OH is 1. The van der Waals surface area contributed by atoms with E-state index in [0.29, 0.717) is 5.82 Å². The van der Waals surface area contributed by atoms with E-state index in [2.05, 4.69) is 4.98 Å². The zero-order chi connectivity index (χ0) is 11.7. The van der Waals surface area contributed by atoms with Crippen LogP contribution in [0.1, 0.15) is 18.9 Å². The van der Waals surface area contributed by atoms with Gasteiger partial charge in [0.25, 0.3) is 0 Å². The molecule has 2 aromatic rings. The minimum atomic E-state index is -0.730. The quantitative estimate of drug-likeness (QED) is 0.792. The number of amides is 1. The van der Waals surface area contributed by atoms with Crippen LogP contribution in [0, 0.1) is 0 Å². The minimum Gasteiger partial charge on any atom is -0.385 e. The van der Waals surface area contributed by atoms with Crippen molar-refractivity contribution in [2.24, 2.45) is 5.73 Å². The van der Waals surface area contributed by atoms with Crippen LogP contribution < -0.4 is 5.73 Å². The van der Waals surface area contributed by atoms with Crippen molar-refractivity contribution in [2.75, 3.05) is 0 Å². The number of hydrogen-bond acceptors (Lipinski definition) is 3. The molecule has 1 unspecified atom stereocenters. The standard InChI is InChI=1S/C11H13N3O2/c1-7(15)11-13-8-4-2-3-5-9(8)14(11)6-10(12)16/h2-5,7,15H,6H2,1H3,(H2,12,16). The summed E-state index contributed by atoms with van der Waals surface area (Å²) in [6, 6.07) is 7.39. The summed E-state index contributed by atoms with van der Waals surface area (Å²) < 4.78 is 1.64. The number of aliphatic hydroxyl groups is 1. The number of carbonyl (C=O) groups excluding carboxylic acids is 1. The van der Waals surface area contributed by atoms with E-state index < -0.39 is 12.0 Å². The molecular formula is C11H13N3O2. The summed E-state index contributed by atoms with van der Waals surface area (Å²) in [6.07, 6.45) is -0.730. The maximum absolute atomic E-state index is 11.0. The number of hydrogen-bond donors (Lipinski definition) is 2. The number of nitrogens with zero attached hydrogens (tertiary/aromatic N) is 2. The molecule has 0 aliphatic carbocycles. The fraction of sp³-hybridized carbons (Fsp3) is 0.273. The molecule has 5 nitrogen and oxygen atoms in total. The maximum atomic E-state index is 11.0. The molecule has 0 saturated carbocycles. The van der Waals surface area contributed by atoms with Gasteiger partial charge in [0, 0.05) is 0 Å². The van der Waals surface area contributed by atoms with Crippen LogP contribution in [0.5, 0.6) is 0 Å². The summed E-state index contributed by atoms with van der Waals surface area (Å²) in [6.45, 7) is 1.64. The van der Waals surface area contributed by atoms with Gasteiger partial charge in [0.2, 0.25) is 5.91 Å². The van der Waals surface area contributed by atoms with E-state index in [1.54, 1.807) is 11.5 Å². The van der Waals surface area contributed by atoms with Gasteiger partial charge in [-0.25, -0.2) is 4.98 Å². The molecule has 0 bridgehead atoms. The van der Waals surface area contributed by atoms with Gasteiger partial charge in [-0.1, -0.05) is 12.1 Å². The third kappa shape index (κ3) is 1.77. The van der Waals surface area contributed by atoms with Crippen LogP contribution in [0.2, 0.25) is 0 Å². The van der Waals surface area contributed by atoms with Crippen molar-refractivity contribution in [3.8, 4) is 0 Å². The Morgan fingerprint density at radius 1 is 1.56 bits per heavy atom. The van der Waals surface area contributed by atoms with E-state index in [-0.39, 0.29) is 6.54 Å². The molecule has 0 radical (unpaired) electrons. The summed E-state index contributed by atoms with van der Waals surface area (Å²) in [5, 5.41) is 9.58. The number of aromatic nitrogens is 2. The highest BCUT2D eigenvalue weighted by atomic mass is 16.3. The number of imidazole rings is 1. The molecule has 0 spiro atoms. The molecule has 3 N–H and O–H groups in total. The van der Waals surface area contributed by atoms with Gasteiger partial charge < -0.3 is 15.4 Å². The molecule has 16 heavy (non-hydrogen) atoms. The molecule has 0 fully saturated rings. The molecule has 84 valence electrons. The van der Waals surface area contributed by atoms with E-state index >= 15 is 0 Å². The second-order valence-electron chi connectivity index (χ2n) is 3.69. The van der Waals surface area contributed by atoms with Crippen LogP contribution in [0.25, 0.3) is 11.0 Å². The summed E-state index contributed by atoms with van der Waals surface area (Å²) in [5.41, 5.74) is 6.73. The Morgan fingerprint density at radius 3 is 2.88 bits per heavy atom. The molecule has 0 aliphatic heterocycles. The van der Waals surface area contributed by atoms with Crippen LogP contribution in [0.15, 0.2) is 24.3 Å². The van der Waals surface area contributed by atoms with E-state index in [1.807, 2.05) is 24.3 Å². The van der Waals surface area contributed by atoms with Crippen molar-refractivity contribution in [1.29, 1.82) is 0 Å². The molecular weight excluding hydrogens is 206 g/mol. The molecule has 1 atom stereocenters. The van der Waals surface area contributed by atoms with Crippen LogP contribution in [-0.4, -0.2) is 20.6 Å². The molecule has 0 aliphatic rings. The fourth-order valence-electron chi connectivity index (χ4n) is 1.74. The third-order valence-corrected chi connectivity index (χ3v) is 2.37. The first-order valence-corrected chi connectivity index (χ1v) is 5.01. The van der Waals surface area contributed by atoms with Gasteiger partial charge in [0.1, 0.15) is 18.5 Å². The summed E-state index contributed by atoms with van der Waals surface area (Å²) >= 11 is 0. The van der Waals surface area contributed by atoms with E-state index in [0.717, 1.165) is 11.0 Å². The Bertz CT molecular complexity index is 531. The molecule has 1 aromatic heterocycles. The van der Waals surface area contributed by atoms with E-state index in [1.165, 1.54) is 0 Å². The first-order chi connectivity index (χ1) is 7.59. The summed E-state index contributed by atoms with van der Waals surface area (Å²) in [4.78, 5) is 15.2. The first kappa shape index (κ1) is 10.6. The van der Waals surface area contributed by atoms with Crippen molar-refractivity contribution in [1.82, 2.24) is 9.55 Å². The number of rotatable bonds is 3. The van der Waals surface area contributed by atoms with Gasteiger partial charge in [-0.3, -0.25) is 4.79 Å². The topological polar surface area (TPSA) is 81.1 Å². The van der Waals surface area contributed by atoms with Crippen molar-refractivity contribution in [3.05, 3.63) is 30.1 Å². The molecule has 1 amide bonds. The number of nitrogens with two attached hydrogens (primary N) is 1. The van der Waals surface area contributed by atoms with Gasteiger partial charge in [-0.15, -0.1) is 0 Å². The minimum absolute atomic E-state index is 0.0285. The van der Waals surface area contributed by atoms with Crippen molar-refractivity contribution in [2.45, 2.75) is 19.6 Å². The summed E-state index contributed by atoms with van der Waals surface area (Å²) in [5.74, 6) is 0.00468. The van der Waals surface area contributed by atoms with Crippen LogP contribution in [0.4, 0.5) is 0 Å². The average Bonchev–Trinajstić information content (AvgIpc) is 2.57. The Hall–Kier alpha value is -1.88. The van der Waals surface area contributed by atoms with E-state index in [4.69, 9.17) is 5.73 Å². The lowest BCUT2D eigenvalue weighted by atomic mass is 10.3. The van der Waals surface area contributed by atoms with Gasteiger partial charge in [-0.2, -0.15) is 0 Å². The van der Waals surface area contributed by atoms with Gasteiger partial charge >= 0.3 is 0 Å². The van der Waals surface area contributed by atoms with Gasteiger partial charge in [-0.05, 0) is 19.1 Å². The fourth-order valence-corrected chi connectivity index (χ4v) is 1.74. The zero-order valence-electron chi connectivity index (χ0n) is 8.92. The Morgan fingerprint density at radius 2 is 2.25 bits per heavy atom. The Balaban J connectivity index is 2.64. The number of para-hydroxylation sites is 2. The molecule has 2 rings (SSSR count). The average molecular weight is 219 g/mol. The van der Waals surface area contributed by atoms with Gasteiger partial charge in [0.15, 0.2) is 0 Å². The van der Waals surface area contributed by atoms with E-state index in [9.17, 15) is 9.90 Å². The lowest BCUT2D eigenvalue weighted by Crippen LogP contribution is -2.20. The van der Waals surface area contributed by atoms with Crippen molar-refractivity contribution < 1.29 is 9.90 Å². The predicted octanol–water partition coefficient (Wildman–Crippen LogP) is 0.575. The molecule has 1 heterocycles. The number of fused-ring (bicyclic) bond motifs is 1. The summed E-state index contributed by atoms with van der Waals surface area (Å²) in [7, 11) is 0. The van der Waals surface area contributed by atoms with Gasteiger partial charge in [0.05, 0.1) is 11.0 Å². The number of benzene rings is 1. The first-order valence-electron chi connectivity index (χ1n) is 5.01. The highest BCUT2D eigenvalue weighted by Crippen LogP contribution is 2.20. The highest BCUT2D eigenvalue weighted by molar-refractivity contribution is 5.80. The smallest absolute Gasteiger partial charge is 0.237 e. The Labute approximate surface area is 92.5 Å². The normalized spacial score (nSPS) is 12.9. The lowest BCUT2D eigenvalue weighted by Gasteiger charge is -2.08. The largest absolute Gasteiger partial charge is 0.385 e. The Kier molecular flexibility index (Phi) is 2.62. The highest BCUT2D eigenvalue weighted by Gasteiger charge is 2.15.